The standard InChI is InChI=1S/C22H19FN4O2/c23-16-7-5-14(6-8-16)19-12-21(29-26-19)22(28)27-10-2-3-15(13-27)18-11-20-17(25-18)4-1-9-24-20/h1,4-9,11-12,15,25H,2-3,10,13H2/t15-/m0/s1. The molecule has 0 spiro atoms. The van der Waals surface area contributed by atoms with Crippen molar-refractivity contribution in [2.75, 3.05) is 13.1 Å². The van der Waals surface area contributed by atoms with Gasteiger partial charge in [-0.05, 0) is 55.3 Å². The van der Waals surface area contributed by atoms with E-state index in [1.165, 1.54) is 12.1 Å². The van der Waals surface area contributed by atoms with Crippen LogP contribution >= 0.6 is 0 Å². The molecule has 6 nitrogen and oxygen atoms in total. The SMILES string of the molecule is O=C(c1cc(-c2ccc(F)cc2)no1)N1CCC[C@H](c2cc3ncccc3[nH]2)C1. The molecule has 0 bridgehead atoms. The van der Waals surface area contributed by atoms with Crippen molar-refractivity contribution in [3.05, 3.63) is 72.0 Å². The Morgan fingerprint density at radius 3 is 2.90 bits per heavy atom. The van der Waals surface area contributed by atoms with Crippen LogP contribution in [0.2, 0.25) is 0 Å². The molecular formula is C22H19FN4O2. The Labute approximate surface area is 166 Å². The summed E-state index contributed by atoms with van der Waals surface area (Å²) in [6.07, 6.45) is 3.70. The number of hydrogen-bond acceptors (Lipinski definition) is 4. The lowest BCUT2D eigenvalue weighted by molar-refractivity contribution is 0.0664. The molecule has 1 fully saturated rings. The zero-order valence-electron chi connectivity index (χ0n) is 15.6. The summed E-state index contributed by atoms with van der Waals surface area (Å²) >= 11 is 0. The van der Waals surface area contributed by atoms with Crippen LogP contribution in [0.4, 0.5) is 4.39 Å². The zero-order chi connectivity index (χ0) is 19.8. The van der Waals surface area contributed by atoms with Crippen LogP contribution in [0.3, 0.4) is 0 Å². The lowest BCUT2D eigenvalue weighted by atomic mass is 9.94. The van der Waals surface area contributed by atoms with Crippen LogP contribution in [-0.4, -0.2) is 39.0 Å². The fraction of sp³-hybridized carbons (Fsp3) is 0.227. The van der Waals surface area contributed by atoms with E-state index >= 15 is 0 Å². The number of hydrogen-bond donors (Lipinski definition) is 1. The van der Waals surface area contributed by atoms with Crippen molar-refractivity contribution < 1.29 is 13.7 Å². The Morgan fingerprint density at radius 2 is 2.07 bits per heavy atom. The molecule has 29 heavy (non-hydrogen) atoms. The van der Waals surface area contributed by atoms with Gasteiger partial charge in [0.15, 0.2) is 0 Å². The Kier molecular flexibility index (Phi) is 4.35. The number of H-pyrrole nitrogens is 1. The number of fused-ring (bicyclic) bond motifs is 1. The average Bonchev–Trinajstić information content (AvgIpc) is 3.41. The third-order valence-electron chi connectivity index (χ3n) is 5.42. The number of carbonyl (C=O) groups is 1. The number of pyridine rings is 1. The summed E-state index contributed by atoms with van der Waals surface area (Å²) in [6, 6.07) is 13.5. The highest BCUT2D eigenvalue weighted by Gasteiger charge is 2.28. The molecule has 1 saturated heterocycles. The number of rotatable bonds is 3. The van der Waals surface area contributed by atoms with Crippen LogP contribution in [-0.2, 0) is 0 Å². The Hall–Kier alpha value is -3.48. The summed E-state index contributed by atoms with van der Waals surface area (Å²) in [7, 11) is 0. The predicted octanol–water partition coefficient (Wildman–Crippen LogP) is 4.38. The number of aromatic amines is 1. The molecule has 1 N–H and O–H groups in total. The summed E-state index contributed by atoms with van der Waals surface area (Å²) in [5.74, 6) is -0.0745. The highest BCUT2D eigenvalue weighted by atomic mass is 19.1. The molecule has 1 aromatic carbocycles. The first-order valence-corrected chi connectivity index (χ1v) is 9.63. The highest BCUT2D eigenvalue weighted by molar-refractivity contribution is 5.92. The number of carbonyl (C=O) groups excluding carboxylic acids is 1. The minimum atomic E-state index is -0.319. The van der Waals surface area contributed by atoms with E-state index in [2.05, 4.69) is 21.2 Å². The van der Waals surface area contributed by atoms with Crippen molar-refractivity contribution in [1.29, 1.82) is 0 Å². The number of nitrogens with zero attached hydrogens (tertiary/aromatic N) is 3. The monoisotopic (exact) mass is 390 g/mol. The van der Waals surface area contributed by atoms with Crippen LogP contribution in [0.5, 0.6) is 0 Å². The van der Waals surface area contributed by atoms with Gasteiger partial charge in [-0.25, -0.2) is 4.39 Å². The molecule has 1 atom stereocenters. The van der Waals surface area contributed by atoms with Gasteiger partial charge in [0.2, 0.25) is 5.76 Å². The fourth-order valence-corrected chi connectivity index (χ4v) is 3.90. The largest absolute Gasteiger partial charge is 0.357 e. The summed E-state index contributed by atoms with van der Waals surface area (Å²) in [6.45, 7) is 1.29. The van der Waals surface area contributed by atoms with Crippen LogP contribution < -0.4 is 0 Å². The number of likely N-dealkylation sites (tertiary alicyclic amines) is 1. The maximum absolute atomic E-state index is 13.1. The molecular weight excluding hydrogens is 371 g/mol. The van der Waals surface area contributed by atoms with Crippen LogP contribution in [0.25, 0.3) is 22.3 Å². The number of amides is 1. The van der Waals surface area contributed by atoms with Gasteiger partial charge in [0.1, 0.15) is 11.5 Å². The average molecular weight is 390 g/mol. The van der Waals surface area contributed by atoms with Crippen molar-refractivity contribution in [1.82, 2.24) is 20.0 Å². The van der Waals surface area contributed by atoms with Crippen LogP contribution in [0, 0.1) is 5.82 Å². The van der Waals surface area contributed by atoms with Crippen molar-refractivity contribution in [2.24, 2.45) is 0 Å². The molecule has 4 heterocycles. The second-order valence-electron chi connectivity index (χ2n) is 7.33. The lowest BCUT2D eigenvalue weighted by Crippen LogP contribution is -2.39. The topological polar surface area (TPSA) is 75.0 Å². The second kappa shape index (κ2) is 7.16. The molecule has 5 rings (SSSR count). The third-order valence-corrected chi connectivity index (χ3v) is 5.42. The Morgan fingerprint density at radius 1 is 1.21 bits per heavy atom. The quantitative estimate of drug-likeness (QED) is 0.563. The summed E-state index contributed by atoms with van der Waals surface area (Å²) < 4.78 is 18.4. The molecule has 0 aliphatic carbocycles. The normalized spacial score (nSPS) is 17.0. The van der Waals surface area contributed by atoms with Crippen molar-refractivity contribution >= 4 is 16.9 Å². The molecule has 4 aromatic rings. The highest BCUT2D eigenvalue weighted by Crippen LogP contribution is 2.29. The zero-order valence-corrected chi connectivity index (χ0v) is 15.6. The van der Waals surface area contributed by atoms with Crippen molar-refractivity contribution in [3.63, 3.8) is 0 Å². The first-order valence-electron chi connectivity index (χ1n) is 9.63. The Balaban J connectivity index is 1.34. The van der Waals surface area contributed by atoms with Gasteiger partial charge < -0.3 is 14.4 Å². The number of piperidine rings is 1. The van der Waals surface area contributed by atoms with Gasteiger partial charge >= 0.3 is 0 Å². The summed E-state index contributed by atoms with van der Waals surface area (Å²) in [5.41, 5.74) is 4.26. The van der Waals surface area contributed by atoms with Gasteiger partial charge in [0.05, 0.1) is 11.0 Å². The van der Waals surface area contributed by atoms with E-state index in [1.807, 2.05) is 17.0 Å². The number of halogens is 1. The molecule has 0 unspecified atom stereocenters. The van der Waals surface area contributed by atoms with E-state index in [4.69, 9.17) is 4.52 Å². The minimum Gasteiger partial charge on any atom is -0.357 e. The second-order valence-corrected chi connectivity index (χ2v) is 7.33. The number of benzene rings is 1. The maximum Gasteiger partial charge on any atom is 0.292 e. The van der Waals surface area contributed by atoms with Crippen LogP contribution in [0.15, 0.2) is 59.3 Å². The number of nitrogens with one attached hydrogen (secondary N) is 1. The molecule has 1 aliphatic rings. The van der Waals surface area contributed by atoms with Crippen LogP contribution in [0.1, 0.15) is 35.0 Å². The lowest BCUT2D eigenvalue weighted by Gasteiger charge is -2.31. The third kappa shape index (κ3) is 3.40. The molecule has 3 aromatic heterocycles. The molecule has 1 amide bonds. The van der Waals surface area contributed by atoms with E-state index < -0.39 is 0 Å². The van der Waals surface area contributed by atoms with Gasteiger partial charge in [-0.3, -0.25) is 9.78 Å². The molecule has 0 saturated carbocycles. The van der Waals surface area contributed by atoms with Gasteiger partial charge in [-0.15, -0.1) is 0 Å². The minimum absolute atomic E-state index is 0.176. The van der Waals surface area contributed by atoms with Gasteiger partial charge in [-0.1, -0.05) is 5.16 Å². The molecule has 7 heteroatoms. The van der Waals surface area contributed by atoms with Crippen molar-refractivity contribution in [2.45, 2.75) is 18.8 Å². The first-order chi connectivity index (χ1) is 14.2. The van der Waals surface area contributed by atoms with E-state index in [-0.39, 0.29) is 23.4 Å². The molecule has 1 aliphatic heterocycles. The van der Waals surface area contributed by atoms with E-state index in [0.29, 0.717) is 24.3 Å². The summed E-state index contributed by atoms with van der Waals surface area (Å²) in [4.78, 5) is 22.6. The van der Waals surface area contributed by atoms with E-state index in [0.717, 1.165) is 29.6 Å². The fourth-order valence-electron chi connectivity index (χ4n) is 3.90. The van der Waals surface area contributed by atoms with E-state index in [9.17, 15) is 9.18 Å². The smallest absolute Gasteiger partial charge is 0.292 e. The van der Waals surface area contributed by atoms with E-state index in [1.54, 1.807) is 24.4 Å². The van der Waals surface area contributed by atoms with Gasteiger partial charge in [-0.2, -0.15) is 0 Å². The Bertz CT molecular complexity index is 1130. The van der Waals surface area contributed by atoms with Gasteiger partial charge in [0, 0.05) is 42.5 Å². The van der Waals surface area contributed by atoms with Crippen molar-refractivity contribution in [3.8, 4) is 11.3 Å². The first kappa shape index (κ1) is 17.6. The molecule has 146 valence electrons. The predicted molar refractivity (Wildman–Crippen MR) is 106 cm³/mol. The maximum atomic E-state index is 13.1. The summed E-state index contributed by atoms with van der Waals surface area (Å²) in [5, 5.41) is 3.98. The van der Waals surface area contributed by atoms with Gasteiger partial charge in [0.25, 0.3) is 5.91 Å². The molecule has 0 radical (unpaired) electrons. The number of aromatic nitrogens is 3.